The van der Waals surface area contributed by atoms with Gasteiger partial charge in [-0.2, -0.15) is 25.8 Å². The molecule has 1 unspecified atom stereocenters. The summed E-state index contributed by atoms with van der Waals surface area (Å²) in [4.78, 5) is 39.1. The summed E-state index contributed by atoms with van der Waals surface area (Å²) >= 11 is 1.92. The highest BCUT2D eigenvalue weighted by atomic mass is 32.2. The number of aliphatic imine (C=N–C) groups is 5. The third kappa shape index (κ3) is 64.1. The number of azo groups is 1. The molecule has 10 heterocycles. The summed E-state index contributed by atoms with van der Waals surface area (Å²) in [6.45, 7) is 80.7. The summed E-state index contributed by atoms with van der Waals surface area (Å²) in [5, 5.41) is 20.0. The molecule has 10 aliphatic heterocycles. The average Bonchev–Trinajstić information content (AvgIpc) is 1.94. The van der Waals surface area contributed by atoms with Gasteiger partial charge < -0.3 is 48.8 Å². The lowest BCUT2D eigenvalue weighted by atomic mass is 10.4. The van der Waals surface area contributed by atoms with Crippen molar-refractivity contribution in [3.63, 3.8) is 0 Å². The zero-order valence-corrected chi connectivity index (χ0v) is 69.8. The van der Waals surface area contributed by atoms with Gasteiger partial charge in [0.05, 0.1) is 61.4 Å². The van der Waals surface area contributed by atoms with E-state index in [-0.39, 0.29) is 0 Å². The second-order valence-electron chi connectivity index (χ2n) is 17.5. The van der Waals surface area contributed by atoms with Crippen molar-refractivity contribution in [2.75, 3.05) is 127 Å². The van der Waals surface area contributed by atoms with E-state index in [1.165, 1.54) is 23.4 Å². The van der Waals surface area contributed by atoms with Gasteiger partial charge in [-0.3, -0.25) is 14.9 Å². The van der Waals surface area contributed by atoms with Crippen LogP contribution >= 0.6 is 22.2 Å². The van der Waals surface area contributed by atoms with E-state index < -0.39 is 0 Å². The predicted octanol–water partition coefficient (Wildman–Crippen LogP) is 17.9. The van der Waals surface area contributed by atoms with Gasteiger partial charge in [0.1, 0.15) is 42.7 Å². The normalized spacial score (nSPS) is 16.5. The summed E-state index contributed by atoms with van der Waals surface area (Å²) in [7, 11) is 21.8. The van der Waals surface area contributed by atoms with Gasteiger partial charge >= 0.3 is 0 Å². The van der Waals surface area contributed by atoms with E-state index in [4.69, 9.17) is 4.74 Å². The topological polar surface area (TPSA) is 168 Å². The number of hydrogen-bond donors (Lipinski definition) is 0. The predicted molar refractivity (Wildman–Crippen MR) is 453 cm³/mol. The highest BCUT2D eigenvalue weighted by Gasteiger charge is 2.14. The fraction of sp³-hybridized carbons (Fsp3) is 0.527. The first-order valence-corrected chi connectivity index (χ1v) is 36.8. The van der Waals surface area contributed by atoms with Crippen LogP contribution in [0.5, 0.6) is 0 Å². The zero-order valence-electron chi connectivity index (χ0n) is 68.1. The quantitative estimate of drug-likeness (QED) is 0.210. The SMILES string of the molecule is C=C1C=NC=CN1C.C=C1C=NN=CN1C.C=C1CN(C)CN1C.C=C1COCN1C.C=C1CS(=C)CN1C.C=C1CSCN1C.C=C1N=CC=CN1C.C=C1N=CC=NN1C.C=C1N=CN=CN1C.C=C1N=NC=CN1C.CC.CC.CC.CC.CC.CC.CC.CC.CC.CC. The fourth-order valence-corrected chi connectivity index (χ4v) is 7.70. The van der Waals surface area contributed by atoms with Crippen LogP contribution in [0.3, 0.4) is 0 Å². The van der Waals surface area contributed by atoms with Crippen LogP contribution < -0.4 is 0 Å². The monoisotopic (exact) mass is 1410 g/mol. The molecule has 0 aliphatic carbocycles. The van der Waals surface area contributed by atoms with E-state index in [2.05, 4.69) is 170 Å². The van der Waals surface area contributed by atoms with Crippen LogP contribution in [0.25, 0.3) is 0 Å². The van der Waals surface area contributed by atoms with Crippen molar-refractivity contribution in [3.05, 3.63) is 160 Å². The van der Waals surface area contributed by atoms with Crippen LogP contribution in [-0.4, -0.2) is 237 Å². The molecule has 0 aromatic rings. The van der Waals surface area contributed by atoms with E-state index in [0.717, 1.165) is 65.2 Å². The van der Waals surface area contributed by atoms with Crippen molar-refractivity contribution in [2.45, 2.75) is 138 Å². The minimum Gasteiger partial charge on any atom is -0.369 e. The molecule has 24 heteroatoms. The minimum atomic E-state index is 0.343. The lowest BCUT2D eigenvalue weighted by Gasteiger charge is -2.14. The van der Waals surface area contributed by atoms with Crippen molar-refractivity contribution in [1.29, 1.82) is 0 Å². The molecule has 0 aromatic carbocycles. The van der Waals surface area contributed by atoms with Gasteiger partial charge in [0.2, 0.25) is 0 Å². The first-order chi connectivity index (χ1) is 46.8. The molecule has 4 fully saturated rings. The molecule has 22 nitrogen and oxygen atoms in total. The molecule has 0 amide bonds. The number of allylic oxidation sites excluding steroid dienone is 3. The van der Waals surface area contributed by atoms with Crippen molar-refractivity contribution < 1.29 is 4.74 Å². The number of nitrogens with zero attached hydrogens (tertiary/aromatic N) is 21. The van der Waals surface area contributed by atoms with Gasteiger partial charge in [-0.15, -0.1) is 22.0 Å². The first-order valence-electron chi connectivity index (χ1n) is 33.9. The first kappa shape index (κ1) is 111. The maximum absolute atomic E-state index is 5.00. The largest absolute Gasteiger partial charge is 0.369 e. The van der Waals surface area contributed by atoms with E-state index in [9.17, 15) is 0 Å². The second-order valence-corrected chi connectivity index (χ2v) is 20.2. The molecule has 0 N–H and O–H groups in total. The summed E-state index contributed by atoms with van der Waals surface area (Å²) in [6, 6.07) is 0. The Balaban J connectivity index is -0.000000107. The van der Waals surface area contributed by atoms with Crippen molar-refractivity contribution in [3.8, 4) is 0 Å². The Morgan fingerprint density at radius 2 is 0.980 bits per heavy atom. The summed E-state index contributed by atoms with van der Waals surface area (Å²) in [5.41, 5.74) is 6.56. The van der Waals surface area contributed by atoms with E-state index in [1.54, 1.807) is 89.1 Å². The van der Waals surface area contributed by atoms with Crippen LogP contribution in [0, 0.1) is 0 Å². The van der Waals surface area contributed by atoms with Crippen molar-refractivity contribution >= 4 is 78.2 Å². The highest BCUT2D eigenvalue weighted by molar-refractivity contribution is 8.14. The molecule has 0 bridgehead atoms. The van der Waals surface area contributed by atoms with E-state index in [0.29, 0.717) is 35.5 Å². The molecule has 1 atom stereocenters. The maximum Gasteiger partial charge on any atom is 0.147 e. The molecule has 10 rings (SSSR count). The molecule has 98 heavy (non-hydrogen) atoms. The smallest absolute Gasteiger partial charge is 0.147 e. The average molecular weight is 1410 g/mol. The molecule has 4 saturated heterocycles. The lowest BCUT2D eigenvalue weighted by molar-refractivity contribution is 0.154. The van der Waals surface area contributed by atoms with Crippen LogP contribution in [0.1, 0.15) is 138 Å². The van der Waals surface area contributed by atoms with Gasteiger partial charge in [-0.05, 0) is 13.1 Å². The van der Waals surface area contributed by atoms with Gasteiger partial charge in [0, 0.05) is 155 Å². The minimum absolute atomic E-state index is 0.343. The molecule has 0 saturated carbocycles. The van der Waals surface area contributed by atoms with Gasteiger partial charge in [0.25, 0.3) is 0 Å². The van der Waals surface area contributed by atoms with Gasteiger partial charge in [-0.1, -0.05) is 210 Å². The number of likely N-dealkylation sites (N-methyl/N-ethyl adjacent to an activating group) is 3. The molecule has 0 spiro atoms. The Morgan fingerprint density at radius 3 is 1.20 bits per heavy atom. The maximum atomic E-state index is 5.00. The number of hydrogen-bond acceptors (Lipinski definition) is 23. The van der Waals surface area contributed by atoms with E-state index >= 15 is 0 Å². The fourth-order valence-electron chi connectivity index (χ4n) is 5.18. The Kier molecular flexibility index (Phi) is 92.7. The van der Waals surface area contributed by atoms with Crippen molar-refractivity contribution in [2.24, 2.45) is 50.5 Å². The molecule has 0 radical (unpaired) electrons. The Labute approximate surface area is 610 Å². The molecule has 0 aromatic heterocycles. The third-order valence-corrected chi connectivity index (χ3v) is 13.3. The Bertz CT molecular complexity index is 2190. The molecule has 10 aliphatic rings. The molecular formula is C74H145N21OS2. The summed E-state index contributed by atoms with van der Waals surface area (Å²) in [6.07, 6.45) is 23.8. The summed E-state index contributed by atoms with van der Waals surface area (Å²) < 4.78 is 5.00. The highest BCUT2D eigenvalue weighted by Crippen LogP contribution is 2.25. The van der Waals surface area contributed by atoms with Crippen molar-refractivity contribution in [1.82, 2.24) is 54.0 Å². The van der Waals surface area contributed by atoms with Crippen LogP contribution in [0.15, 0.2) is 211 Å². The number of ether oxygens (including phenoxy) is 1. The number of hydrazone groups is 1. The van der Waals surface area contributed by atoms with Gasteiger partial charge in [0.15, 0.2) is 0 Å². The Morgan fingerprint density at radius 1 is 0.459 bits per heavy atom. The van der Waals surface area contributed by atoms with Crippen LogP contribution in [0.2, 0.25) is 0 Å². The number of rotatable bonds is 0. The Hall–Kier alpha value is -7.93. The number of thioether (sulfide) groups is 1. The third-order valence-electron chi connectivity index (χ3n) is 10.7. The molecule has 564 valence electrons. The second kappa shape index (κ2) is 81.5. The van der Waals surface area contributed by atoms with Crippen LogP contribution in [-0.2, 0) is 4.74 Å². The van der Waals surface area contributed by atoms with Gasteiger partial charge in [-0.25, -0.2) is 20.0 Å². The van der Waals surface area contributed by atoms with Crippen LogP contribution in [0.4, 0.5) is 0 Å². The van der Waals surface area contributed by atoms with E-state index in [1.807, 2.05) is 226 Å². The molecular weight excluding hydrogens is 1260 g/mol. The standard InChI is InChI=1S/C6H12N2.2C6H8N2.C6H11NS.4C5H7N3.C5H9NO.C5H9NS.10C2H6/c1-6-4-7(2)5-8(6)3;1-6-5-7-3-4-8(6)2;1-6-7-4-3-5-8(6)2;1-6-4-8(3)5-7(6)2;1-5-7-3-6-4-8(5)2;1-5-3-6-7-4-8(5)2;1-5-7-6-3-4-8(5)2;1-5-6-3-4-7-8(5)2;2*1-5-3-7-4-6(5)2;10*1-2/h1,4-5H2,2-3H3;2*3-5H,1H2,2H3;1,3-5H2,2H3;4*3-4H,1H2,2H3;2*1,3-4H2,2H3;10*1-2H3. The summed E-state index contributed by atoms with van der Waals surface area (Å²) in [5.74, 6) is 11.3. The lowest BCUT2D eigenvalue weighted by Crippen LogP contribution is -2.17. The zero-order chi connectivity index (χ0) is 78.7.